The monoisotopic (exact) mass is 240 g/mol. The summed E-state index contributed by atoms with van der Waals surface area (Å²) in [4.78, 5) is 19.3. The number of oxazole rings is 1. The minimum atomic E-state index is -0.528. The molecule has 0 saturated heterocycles. The van der Waals surface area contributed by atoms with Gasteiger partial charge in [0.05, 0.1) is 12.2 Å². The molecule has 0 aliphatic rings. The molecule has 1 heterocycles. The Balaban J connectivity index is 3.06. The summed E-state index contributed by atoms with van der Waals surface area (Å²) >= 11 is 3.86. The van der Waals surface area contributed by atoms with Crippen LogP contribution in [-0.2, 0) is 4.74 Å². The van der Waals surface area contributed by atoms with Crippen LogP contribution in [0.4, 0.5) is 0 Å². The number of aromatic nitrogens is 1. The van der Waals surface area contributed by atoms with Crippen molar-refractivity contribution in [1.82, 2.24) is 4.98 Å². The number of esters is 1. The summed E-state index contributed by atoms with van der Waals surface area (Å²) in [5.41, 5.74) is 1.91. The third-order valence-corrected chi connectivity index (χ3v) is 1.85. The van der Waals surface area contributed by atoms with Gasteiger partial charge in [-0.15, -0.1) is 12.6 Å². The van der Waals surface area contributed by atoms with E-state index in [1.165, 1.54) is 11.9 Å². The number of nitrogens with zero attached hydrogens (tertiary/aromatic N) is 2. The number of aliphatic imine (C=N–C) groups is 1. The average Bonchev–Trinajstić information content (AvgIpc) is 2.75. The molecule has 0 unspecified atom stereocenters. The molecule has 0 spiro atoms. The second-order valence-electron chi connectivity index (χ2n) is 2.67. The van der Waals surface area contributed by atoms with Gasteiger partial charge in [0.1, 0.15) is 5.70 Å². The molecule has 1 aromatic heterocycles. The quantitative estimate of drug-likeness (QED) is 0.379. The Morgan fingerprint density at radius 3 is 3.06 bits per heavy atom. The van der Waals surface area contributed by atoms with Crippen LogP contribution in [0, 0.1) is 0 Å². The van der Waals surface area contributed by atoms with Crippen LogP contribution in [0.25, 0.3) is 5.70 Å². The molecule has 0 fully saturated rings. The van der Waals surface area contributed by atoms with Crippen molar-refractivity contribution in [3.63, 3.8) is 0 Å². The Hall–Kier alpha value is -1.56. The van der Waals surface area contributed by atoms with Gasteiger partial charge in [-0.3, -0.25) is 0 Å². The first kappa shape index (κ1) is 12.5. The van der Waals surface area contributed by atoms with E-state index in [0.717, 1.165) is 0 Å². The number of rotatable bonds is 4. The van der Waals surface area contributed by atoms with E-state index < -0.39 is 5.97 Å². The highest BCUT2D eigenvalue weighted by Gasteiger charge is 2.20. The Morgan fingerprint density at radius 1 is 1.75 bits per heavy atom. The van der Waals surface area contributed by atoms with Crippen LogP contribution in [0.2, 0.25) is 0 Å². The zero-order valence-electron chi connectivity index (χ0n) is 9.01. The van der Waals surface area contributed by atoms with Crippen LogP contribution < -0.4 is 0 Å². The smallest absolute Gasteiger partial charge is 0.361 e. The highest BCUT2D eigenvalue weighted by molar-refractivity contribution is 7.94. The van der Waals surface area contributed by atoms with Gasteiger partial charge in [0.15, 0.2) is 17.8 Å². The van der Waals surface area contributed by atoms with Gasteiger partial charge in [-0.25, -0.2) is 14.8 Å². The van der Waals surface area contributed by atoms with E-state index in [4.69, 9.17) is 9.15 Å². The predicted molar refractivity (Wildman–Crippen MR) is 63.6 cm³/mol. The molecule has 0 N–H and O–H groups in total. The maximum Gasteiger partial charge on any atom is 0.361 e. The van der Waals surface area contributed by atoms with E-state index in [-0.39, 0.29) is 18.1 Å². The summed E-state index contributed by atoms with van der Waals surface area (Å²) in [7, 11) is 0. The Morgan fingerprint density at radius 2 is 2.50 bits per heavy atom. The second kappa shape index (κ2) is 6.12. The van der Waals surface area contributed by atoms with Crippen molar-refractivity contribution < 1.29 is 13.9 Å². The third-order valence-electron chi connectivity index (χ3n) is 1.74. The molecule has 1 aromatic rings. The van der Waals surface area contributed by atoms with Gasteiger partial charge in [0.2, 0.25) is 0 Å². The number of carbonyl (C=O) groups is 1. The normalized spacial score (nSPS) is 12.1. The Bertz CT molecular complexity index is 423. The fourth-order valence-corrected chi connectivity index (χ4v) is 1.22. The lowest BCUT2D eigenvalue weighted by atomic mass is 10.2. The van der Waals surface area contributed by atoms with Crippen molar-refractivity contribution in [2.45, 2.75) is 13.8 Å². The van der Waals surface area contributed by atoms with Crippen molar-refractivity contribution in [2.75, 3.05) is 6.61 Å². The molecule has 5 nitrogen and oxygen atoms in total. The van der Waals surface area contributed by atoms with E-state index in [1.54, 1.807) is 19.9 Å². The summed E-state index contributed by atoms with van der Waals surface area (Å²) < 4.78 is 9.95. The summed E-state index contributed by atoms with van der Waals surface area (Å²) in [6.45, 7) is 3.78. The van der Waals surface area contributed by atoms with Crippen LogP contribution in [0.3, 0.4) is 0 Å². The minimum absolute atomic E-state index is 0.119. The summed E-state index contributed by atoms with van der Waals surface area (Å²) in [5.74, 6) is -0.244. The number of carbonyl (C=O) groups excluding carboxylic acids is 1. The second-order valence-corrected chi connectivity index (χ2v) is 2.90. The van der Waals surface area contributed by atoms with Crippen molar-refractivity contribution in [3.8, 4) is 0 Å². The lowest BCUT2D eigenvalue weighted by Gasteiger charge is -2.00. The summed E-state index contributed by atoms with van der Waals surface area (Å²) in [5, 5.41) is 0. The van der Waals surface area contributed by atoms with Crippen LogP contribution in [0.5, 0.6) is 0 Å². The van der Waals surface area contributed by atoms with Gasteiger partial charge in [-0.05, 0) is 13.8 Å². The summed E-state index contributed by atoms with van der Waals surface area (Å²) in [6, 6.07) is 0. The molecule has 0 aliphatic heterocycles. The van der Waals surface area contributed by atoms with E-state index in [9.17, 15) is 4.79 Å². The SMILES string of the molecule is C/C=C(\N=C/S)c1ocnc1C(=O)OCC. The number of thiol groups is 1. The highest BCUT2D eigenvalue weighted by Crippen LogP contribution is 2.20. The lowest BCUT2D eigenvalue weighted by molar-refractivity contribution is 0.0519. The topological polar surface area (TPSA) is 64.7 Å². The fraction of sp³-hybridized carbons (Fsp3) is 0.300. The van der Waals surface area contributed by atoms with Crippen LogP contribution in [0.15, 0.2) is 21.9 Å². The largest absolute Gasteiger partial charge is 0.461 e. The standard InChI is InChI=1S/C10H12N2O3S/c1-3-7(12-6-16)9-8(11-5-15-9)10(13)14-4-2/h3,5-6H,4H2,1-2H3,(H,12,16)/b7-3-. The van der Waals surface area contributed by atoms with E-state index in [0.29, 0.717) is 5.70 Å². The molecular formula is C10H12N2O3S. The summed E-state index contributed by atoms with van der Waals surface area (Å²) in [6.07, 6.45) is 2.87. The number of hydrogen-bond donors (Lipinski definition) is 1. The highest BCUT2D eigenvalue weighted by atomic mass is 32.1. The van der Waals surface area contributed by atoms with Crippen molar-refractivity contribution >= 4 is 29.8 Å². The molecule has 86 valence electrons. The van der Waals surface area contributed by atoms with Crippen LogP contribution >= 0.6 is 12.6 Å². The molecule has 0 bridgehead atoms. The third kappa shape index (κ3) is 2.73. The van der Waals surface area contributed by atoms with Gasteiger partial charge in [-0.1, -0.05) is 6.08 Å². The Kier molecular flexibility index (Phi) is 4.78. The molecule has 16 heavy (non-hydrogen) atoms. The van der Waals surface area contributed by atoms with Gasteiger partial charge < -0.3 is 9.15 Å². The maximum atomic E-state index is 11.5. The molecule has 1 rings (SSSR count). The number of ether oxygens (including phenoxy) is 1. The Labute approximate surface area is 98.6 Å². The van der Waals surface area contributed by atoms with Gasteiger partial charge in [0, 0.05) is 0 Å². The molecular weight excluding hydrogens is 228 g/mol. The van der Waals surface area contributed by atoms with Gasteiger partial charge in [0.25, 0.3) is 0 Å². The fourth-order valence-electron chi connectivity index (χ4n) is 1.10. The number of hydrogen-bond acceptors (Lipinski definition) is 5. The van der Waals surface area contributed by atoms with Crippen molar-refractivity contribution in [3.05, 3.63) is 23.9 Å². The van der Waals surface area contributed by atoms with Gasteiger partial charge >= 0.3 is 5.97 Å². The molecule has 0 atom stereocenters. The average molecular weight is 240 g/mol. The van der Waals surface area contributed by atoms with Crippen LogP contribution in [0.1, 0.15) is 30.1 Å². The molecule has 0 aromatic carbocycles. The van der Waals surface area contributed by atoms with Crippen LogP contribution in [-0.4, -0.2) is 23.1 Å². The first-order valence-electron chi connectivity index (χ1n) is 4.68. The van der Waals surface area contributed by atoms with E-state index in [2.05, 4.69) is 22.6 Å². The first-order valence-corrected chi connectivity index (χ1v) is 5.20. The van der Waals surface area contributed by atoms with Crippen molar-refractivity contribution in [1.29, 1.82) is 0 Å². The lowest BCUT2D eigenvalue weighted by Crippen LogP contribution is -2.07. The predicted octanol–water partition coefficient (Wildman–Crippen LogP) is 2.17. The molecule has 0 aliphatic carbocycles. The number of allylic oxidation sites excluding steroid dienone is 1. The first-order chi connectivity index (χ1) is 7.74. The zero-order chi connectivity index (χ0) is 12.0. The molecule has 0 amide bonds. The zero-order valence-corrected chi connectivity index (χ0v) is 9.90. The van der Waals surface area contributed by atoms with Crippen molar-refractivity contribution in [2.24, 2.45) is 4.99 Å². The van der Waals surface area contributed by atoms with Gasteiger partial charge in [-0.2, -0.15) is 0 Å². The van der Waals surface area contributed by atoms with E-state index in [1.807, 2.05) is 0 Å². The van der Waals surface area contributed by atoms with E-state index >= 15 is 0 Å². The molecule has 6 heteroatoms. The maximum absolute atomic E-state index is 11.5. The molecule has 0 saturated carbocycles. The molecule has 0 radical (unpaired) electrons. The minimum Gasteiger partial charge on any atom is -0.461 e.